The molecule has 0 unspecified atom stereocenters. The van der Waals surface area contributed by atoms with E-state index in [1.54, 1.807) is 18.2 Å². The third-order valence-corrected chi connectivity index (χ3v) is 14.2. The molecule has 1 aliphatic heterocycles. The Kier molecular flexibility index (Phi) is 13.1. The molecule has 402 valence electrons. The van der Waals surface area contributed by atoms with Crippen molar-refractivity contribution in [2.24, 2.45) is 0 Å². The van der Waals surface area contributed by atoms with Crippen molar-refractivity contribution in [3.05, 3.63) is 207 Å². The normalized spacial score (nSPS) is 12.5. The van der Waals surface area contributed by atoms with Crippen molar-refractivity contribution >= 4 is 84.8 Å². The molecule has 0 aromatic heterocycles. The van der Waals surface area contributed by atoms with E-state index in [2.05, 4.69) is 0 Å². The highest BCUT2D eigenvalue weighted by molar-refractivity contribution is 6.96. The van der Waals surface area contributed by atoms with Crippen LogP contribution in [0.15, 0.2) is 91.0 Å². The number of benzene rings is 9. The maximum Gasteiger partial charge on any atom is 0.257 e. The van der Waals surface area contributed by atoms with Crippen molar-refractivity contribution in [2.75, 3.05) is 4.90 Å². The van der Waals surface area contributed by atoms with E-state index in [4.69, 9.17) is 0 Å². The molecule has 1 nitrogen and oxygen atoms in total. The van der Waals surface area contributed by atoms with Crippen molar-refractivity contribution in [3.8, 4) is 11.1 Å². The summed E-state index contributed by atoms with van der Waals surface area (Å²) in [4.78, 5) is 1.45. The second-order valence-electron chi connectivity index (χ2n) is 21.0. The van der Waals surface area contributed by atoms with Gasteiger partial charge in [0, 0.05) is 49.6 Å². The monoisotopic (exact) mass is 1110 g/mol. The van der Waals surface area contributed by atoms with Crippen molar-refractivity contribution < 1.29 is 79.0 Å². The molecule has 0 radical (unpaired) electrons. The molecule has 0 N–H and O–H groups in total. The van der Waals surface area contributed by atoms with E-state index >= 15 is 70.2 Å². The number of rotatable bonds is 7. The molecule has 1 heterocycles. The minimum atomic E-state index is -2.83. The Labute approximate surface area is 437 Å². The van der Waals surface area contributed by atoms with Gasteiger partial charge in [0.1, 0.15) is 0 Å². The predicted octanol–water partition coefficient (Wildman–Crippen LogP) is 13.6. The third kappa shape index (κ3) is 8.14. The summed E-state index contributed by atoms with van der Waals surface area (Å²) in [5.41, 5.74) is -13.5. The Morgan fingerprint density at radius 2 is 0.696 bits per heavy atom. The molecule has 0 bridgehead atoms. The highest BCUT2D eigenvalue weighted by Crippen LogP contribution is 2.52. The summed E-state index contributed by atoms with van der Waals surface area (Å²) in [7, 11) is 0. The van der Waals surface area contributed by atoms with Crippen molar-refractivity contribution in [3.63, 3.8) is 0 Å². The molecule has 21 heteroatoms. The lowest BCUT2D eigenvalue weighted by Crippen LogP contribution is -2.58. The highest BCUT2D eigenvalue weighted by Gasteiger charge is 2.45. The van der Waals surface area contributed by atoms with Gasteiger partial charge >= 0.3 is 0 Å². The second-order valence-corrected chi connectivity index (χ2v) is 21.0. The Balaban J connectivity index is 1.28. The minimum absolute atomic E-state index is 0.0215. The molecule has 79 heavy (non-hydrogen) atoms. The van der Waals surface area contributed by atoms with E-state index < -0.39 is 173 Å². The SMILES string of the molecule is CC(C)(C)c1c(F)c(F)c(B(c2ccc3c(c2)N(c2ccccc2)c2cccc4c2c-3cc2ccc(B(c3c(F)c(F)c(F)c(F)c3F)c3c(F)c(F)c(C(C)(C)C)c(F)c3F)cc24)c2c(F)c(F)c(F)c(F)c2F)c(F)c1F. The van der Waals surface area contributed by atoms with Crippen LogP contribution in [-0.4, -0.2) is 13.4 Å². The first-order valence-corrected chi connectivity index (χ1v) is 23.8. The average molecular weight is 1110 g/mol. The van der Waals surface area contributed by atoms with Crippen LogP contribution in [0, 0.1) is 105 Å². The fourth-order valence-electron chi connectivity index (χ4n) is 10.7. The Morgan fingerprint density at radius 3 is 1.11 bits per heavy atom. The van der Waals surface area contributed by atoms with Gasteiger partial charge in [0.15, 0.2) is 105 Å². The van der Waals surface area contributed by atoms with Crippen LogP contribution in [0.2, 0.25) is 0 Å². The minimum Gasteiger partial charge on any atom is -0.309 e. The third-order valence-electron chi connectivity index (χ3n) is 14.2. The van der Waals surface area contributed by atoms with Crippen LogP contribution < -0.4 is 37.7 Å². The van der Waals surface area contributed by atoms with Crippen molar-refractivity contribution in [1.29, 1.82) is 0 Å². The number of para-hydroxylation sites is 1. The van der Waals surface area contributed by atoms with Gasteiger partial charge in [0.25, 0.3) is 13.4 Å². The number of hydrogen-bond acceptors (Lipinski definition) is 1. The number of halogens is 18. The second kappa shape index (κ2) is 18.9. The number of anilines is 3. The van der Waals surface area contributed by atoms with Crippen LogP contribution in [-0.2, 0) is 10.8 Å². The molecule has 10 rings (SSSR count). The summed E-state index contributed by atoms with van der Waals surface area (Å²) in [5.74, 6) is -42.9. The fourth-order valence-corrected chi connectivity index (χ4v) is 10.7. The van der Waals surface area contributed by atoms with Crippen LogP contribution in [0.3, 0.4) is 0 Å². The zero-order valence-electron chi connectivity index (χ0n) is 41.6. The molecule has 0 amide bonds. The fraction of sp³-hybridized carbons (Fsp3) is 0.138. The first-order valence-electron chi connectivity index (χ1n) is 23.8. The van der Waals surface area contributed by atoms with E-state index in [1.807, 2.05) is 0 Å². The molecule has 1 aliphatic rings. The average Bonchev–Trinajstić information content (AvgIpc) is 3.61. The van der Waals surface area contributed by atoms with Gasteiger partial charge in [-0.3, -0.25) is 0 Å². The van der Waals surface area contributed by atoms with Gasteiger partial charge in [-0.2, -0.15) is 0 Å². The van der Waals surface area contributed by atoms with Crippen molar-refractivity contribution in [1.82, 2.24) is 0 Å². The quantitative estimate of drug-likeness (QED) is 0.0505. The number of nitrogens with zero attached hydrogens (tertiary/aromatic N) is 1. The molecule has 0 saturated carbocycles. The first-order chi connectivity index (χ1) is 37.0. The molecule has 9 aromatic carbocycles. The number of hydrogen-bond donors (Lipinski definition) is 0. The van der Waals surface area contributed by atoms with E-state index in [0.717, 1.165) is 24.3 Å². The van der Waals surface area contributed by atoms with Crippen LogP contribution >= 0.6 is 0 Å². The summed E-state index contributed by atoms with van der Waals surface area (Å²) >= 11 is 0. The van der Waals surface area contributed by atoms with Gasteiger partial charge in [-0.1, -0.05) is 113 Å². The summed E-state index contributed by atoms with van der Waals surface area (Å²) in [5, 5.41) is 0.558. The topological polar surface area (TPSA) is 3.24 Å². The lowest BCUT2D eigenvalue weighted by atomic mass is 9.36. The maximum absolute atomic E-state index is 16.6. The van der Waals surface area contributed by atoms with Gasteiger partial charge in [-0.15, -0.1) is 0 Å². The van der Waals surface area contributed by atoms with Crippen LogP contribution in [0.4, 0.5) is 96.1 Å². The molecule has 0 atom stereocenters. The zero-order chi connectivity index (χ0) is 57.5. The number of fused-ring (bicyclic) bond motifs is 4. The Bertz CT molecular complexity index is 4000. The predicted molar refractivity (Wildman–Crippen MR) is 267 cm³/mol. The van der Waals surface area contributed by atoms with Crippen LogP contribution in [0.5, 0.6) is 0 Å². The van der Waals surface area contributed by atoms with Gasteiger partial charge in [-0.25, -0.2) is 79.0 Å². The van der Waals surface area contributed by atoms with E-state index in [9.17, 15) is 8.78 Å². The summed E-state index contributed by atoms with van der Waals surface area (Å²) in [6.45, 7) is 1.50. The summed E-state index contributed by atoms with van der Waals surface area (Å²) in [6, 6.07) is 19.9. The van der Waals surface area contributed by atoms with E-state index in [1.165, 1.54) is 95.0 Å². The standard InChI is InChI=1S/C58H33B2F18N/c1-57(2,3)33-39(61)43(65)35(44(66)40(33)62)59(37-47(69)51(73)55(77)52(74)48(37)70)23-16-15-22-19-29-26-18-17-24(21-31(26)79(25-11-8-7-9-12-25)30-14-10-13-27(32(29)30)28(22)20-23)60(38-49(71)53(75)56(78)54(76)50(38)72)36-45(67)41(63)34(58(4,5)6)42(64)46(36)68/h7-21H,1-6H3. The van der Waals surface area contributed by atoms with E-state index in [-0.39, 0.29) is 49.7 Å². The van der Waals surface area contributed by atoms with E-state index in [0.29, 0.717) is 0 Å². The van der Waals surface area contributed by atoms with Crippen LogP contribution in [0.1, 0.15) is 52.7 Å². The van der Waals surface area contributed by atoms with Gasteiger partial charge < -0.3 is 4.90 Å². The molecular weight excluding hydrogens is 1070 g/mol. The lowest BCUT2D eigenvalue weighted by molar-refractivity contribution is 0.384. The van der Waals surface area contributed by atoms with Gasteiger partial charge in [0.2, 0.25) is 0 Å². The largest absolute Gasteiger partial charge is 0.309 e. The van der Waals surface area contributed by atoms with Gasteiger partial charge in [-0.05, 0) is 62.9 Å². The summed E-state index contributed by atoms with van der Waals surface area (Å²) in [6.07, 6.45) is 0. The molecule has 0 spiro atoms. The maximum atomic E-state index is 16.6. The Hall–Kier alpha value is -7.83. The lowest BCUT2D eigenvalue weighted by Gasteiger charge is -2.35. The van der Waals surface area contributed by atoms with Gasteiger partial charge in [0.05, 0.1) is 11.4 Å². The Morgan fingerprint density at radius 1 is 0.316 bits per heavy atom. The molecule has 0 fully saturated rings. The molecule has 9 aromatic rings. The first kappa shape index (κ1) is 54.5. The van der Waals surface area contributed by atoms with Crippen LogP contribution in [0.25, 0.3) is 32.7 Å². The summed E-state index contributed by atoms with van der Waals surface area (Å²) < 4.78 is 284. The molecule has 0 saturated heterocycles. The van der Waals surface area contributed by atoms with Crippen molar-refractivity contribution in [2.45, 2.75) is 52.4 Å². The highest BCUT2D eigenvalue weighted by atomic mass is 19.2. The smallest absolute Gasteiger partial charge is 0.257 e. The zero-order valence-corrected chi connectivity index (χ0v) is 41.6. The molecule has 0 aliphatic carbocycles. The molecular formula is C58H33B2F18N.